The maximum absolute atomic E-state index is 9.91. The Morgan fingerprint density at radius 1 is 1.38 bits per heavy atom. The van der Waals surface area contributed by atoms with Crippen molar-refractivity contribution in [3.8, 4) is 0 Å². The van der Waals surface area contributed by atoms with E-state index < -0.39 is 11.4 Å². The van der Waals surface area contributed by atoms with Crippen LogP contribution in [0.3, 0.4) is 0 Å². The molecule has 0 saturated heterocycles. The van der Waals surface area contributed by atoms with Gasteiger partial charge in [-0.2, -0.15) is 0 Å². The third-order valence-electron chi connectivity index (χ3n) is 1.84. The molecule has 0 bridgehead atoms. The molecular formula is C12H15ClO2Zn. The fourth-order valence-corrected chi connectivity index (χ4v) is 2.18. The molecule has 1 rings (SSSR count). The zero-order valence-corrected chi connectivity index (χ0v) is 13.6. The van der Waals surface area contributed by atoms with Crippen molar-refractivity contribution >= 4 is 17.6 Å². The van der Waals surface area contributed by atoms with E-state index >= 15 is 0 Å². The SMILES string of the molecule is CC(C)(C)C(=O)[O-].Clc1ccccc1[CH2][Zn+]. The summed E-state index contributed by atoms with van der Waals surface area (Å²) in [5.74, 6) is -1.01. The van der Waals surface area contributed by atoms with E-state index in [1.165, 1.54) is 23.9 Å². The standard InChI is InChI=1S/C7H6Cl.C5H10O2.Zn/c1-6-4-2-3-5-7(6)8;1-5(2,3)4(6)7;/h2-5H,1H2;1-3H3,(H,6,7);/q;;+1/p-1. The molecule has 2 nitrogen and oxygen atoms in total. The second-order valence-corrected chi connectivity index (χ2v) is 5.84. The molecule has 0 atom stereocenters. The van der Waals surface area contributed by atoms with Crippen molar-refractivity contribution in [3.63, 3.8) is 0 Å². The van der Waals surface area contributed by atoms with E-state index in [2.05, 4.69) is 6.07 Å². The molecule has 0 N–H and O–H groups in total. The summed E-state index contributed by atoms with van der Waals surface area (Å²) in [4.78, 5) is 9.91. The minimum absolute atomic E-state index is 0.694. The fraction of sp³-hybridized carbons (Fsp3) is 0.417. The number of carboxylic acid groups (broad SMARTS) is 1. The molecule has 0 aromatic heterocycles. The molecule has 0 aliphatic heterocycles. The van der Waals surface area contributed by atoms with Crippen molar-refractivity contribution in [2.24, 2.45) is 5.41 Å². The van der Waals surface area contributed by atoms with Gasteiger partial charge in [0.15, 0.2) is 0 Å². The van der Waals surface area contributed by atoms with Crippen LogP contribution in [0.1, 0.15) is 26.3 Å². The summed E-state index contributed by atoms with van der Waals surface area (Å²) in [6, 6.07) is 8.00. The molecule has 1 aromatic carbocycles. The number of rotatable bonds is 1. The summed E-state index contributed by atoms with van der Waals surface area (Å²) in [6.45, 7) is 4.80. The van der Waals surface area contributed by atoms with E-state index in [1.54, 1.807) is 20.8 Å². The van der Waals surface area contributed by atoms with Gasteiger partial charge in [0, 0.05) is 11.4 Å². The number of carbonyl (C=O) groups excluding carboxylic acids is 1. The first-order chi connectivity index (χ1) is 7.29. The van der Waals surface area contributed by atoms with Gasteiger partial charge in [0.25, 0.3) is 0 Å². The van der Waals surface area contributed by atoms with Crippen LogP contribution in [-0.2, 0) is 28.1 Å². The third kappa shape index (κ3) is 6.24. The van der Waals surface area contributed by atoms with E-state index in [-0.39, 0.29) is 0 Å². The Labute approximate surface area is 112 Å². The third-order valence-corrected chi connectivity index (χ3v) is 3.34. The number of benzene rings is 1. The molecule has 0 fully saturated rings. The quantitative estimate of drug-likeness (QED) is 0.744. The molecule has 1 aromatic rings. The van der Waals surface area contributed by atoms with Crippen molar-refractivity contribution in [1.82, 2.24) is 0 Å². The number of carbonyl (C=O) groups is 1. The Morgan fingerprint density at radius 3 is 2.06 bits per heavy atom. The van der Waals surface area contributed by atoms with Crippen molar-refractivity contribution in [2.75, 3.05) is 0 Å². The topological polar surface area (TPSA) is 40.1 Å². The molecule has 0 spiro atoms. The molecule has 0 saturated carbocycles. The maximum atomic E-state index is 9.91. The molecule has 0 aliphatic rings. The van der Waals surface area contributed by atoms with Crippen LogP contribution in [0.15, 0.2) is 24.3 Å². The molecular weight excluding hydrogens is 277 g/mol. The van der Waals surface area contributed by atoms with Crippen LogP contribution in [0.25, 0.3) is 0 Å². The van der Waals surface area contributed by atoms with Crippen LogP contribution >= 0.6 is 11.6 Å². The first-order valence-electron chi connectivity index (χ1n) is 5.03. The first kappa shape index (κ1) is 15.6. The van der Waals surface area contributed by atoms with Crippen LogP contribution in [0.5, 0.6) is 0 Å². The van der Waals surface area contributed by atoms with Crippen LogP contribution < -0.4 is 5.11 Å². The van der Waals surface area contributed by atoms with Crippen molar-refractivity contribution in [1.29, 1.82) is 0 Å². The molecule has 0 unspecified atom stereocenters. The van der Waals surface area contributed by atoms with Gasteiger partial charge in [0.05, 0.1) is 0 Å². The Kier molecular flexibility index (Phi) is 6.86. The average Bonchev–Trinajstić information content (AvgIpc) is 2.18. The molecule has 16 heavy (non-hydrogen) atoms. The van der Waals surface area contributed by atoms with Gasteiger partial charge in [-0.1, -0.05) is 20.8 Å². The number of halogens is 1. The van der Waals surface area contributed by atoms with Gasteiger partial charge < -0.3 is 9.90 Å². The zero-order chi connectivity index (χ0) is 12.8. The van der Waals surface area contributed by atoms with E-state index in [9.17, 15) is 9.90 Å². The van der Waals surface area contributed by atoms with Crippen molar-refractivity contribution in [3.05, 3.63) is 34.9 Å². The predicted molar refractivity (Wildman–Crippen MR) is 59.6 cm³/mol. The minimum atomic E-state index is -1.01. The van der Waals surface area contributed by atoms with E-state index in [1.807, 2.05) is 18.2 Å². The van der Waals surface area contributed by atoms with E-state index in [0.717, 1.165) is 10.0 Å². The van der Waals surface area contributed by atoms with Crippen molar-refractivity contribution in [2.45, 2.75) is 25.8 Å². The summed E-state index contributed by atoms with van der Waals surface area (Å²) in [5.41, 5.74) is 0.583. The summed E-state index contributed by atoms with van der Waals surface area (Å²) in [6.07, 6.45) is 0. The van der Waals surface area contributed by atoms with Gasteiger partial charge in [-0.05, 0) is 0 Å². The van der Waals surface area contributed by atoms with Crippen LogP contribution in [0.4, 0.5) is 0 Å². The monoisotopic (exact) mass is 290 g/mol. The molecule has 0 heterocycles. The van der Waals surface area contributed by atoms with Crippen LogP contribution in [0.2, 0.25) is 5.02 Å². The number of hydrogen-bond acceptors (Lipinski definition) is 2. The summed E-state index contributed by atoms with van der Waals surface area (Å²) < 4.78 is 0. The Morgan fingerprint density at radius 2 is 1.81 bits per heavy atom. The predicted octanol–water partition coefficient (Wildman–Crippen LogP) is 2.17. The number of carboxylic acids is 1. The molecule has 4 heteroatoms. The van der Waals surface area contributed by atoms with E-state index in [0.29, 0.717) is 0 Å². The second-order valence-electron chi connectivity index (χ2n) is 4.38. The molecule has 0 aliphatic carbocycles. The number of aliphatic carboxylic acids is 1. The van der Waals surface area contributed by atoms with Gasteiger partial charge in [-0.25, -0.2) is 0 Å². The van der Waals surface area contributed by atoms with E-state index in [4.69, 9.17) is 11.6 Å². The average molecular weight is 292 g/mol. The Balaban J connectivity index is 0.000000293. The number of hydrogen-bond donors (Lipinski definition) is 0. The van der Waals surface area contributed by atoms with Gasteiger partial charge >= 0.3 is 69.8 Å². The Bertz CT molecular complexity index is 345. The van der Waals surface area contributed by atoms with Gasteiger partial charge in [-0.3, -0.25) is 0 Å². The zero-order valence-electron chi connectivity index (χ0n) is 9.92. The van der Waals surface area contributed by atoms with Gasteiger partial charge in [0.1, 0.15) is 0 Å². The normalized spacial score (nSPS) is 10.4. The van der Waals surface area contributed by atoms with Crippen LogP contribution in [0, 0.1) is 5.41 Å². The molecule has 0 radical (unpaired) electrons. The van der Waals surface area contributed by atoms with Gasteiger partial charge in [0.2, 0.25) is 0 Å². The van der Waals surface area contributed by atoms with Crippen molar-refractivity contribution < 1.29 is 28.2 Å². The van der Waals surface area contributed by atoms with Crippen LogP contribution in [-0.4, -0.2) is 5.97 Å². The summed E-state index contributed by atoms with van der Waals surface area (Å²) >= 11 is 7.13. The first-order valence-corrected chi connectivity index (χ1v) is 7.50. The molecule has 0 amide bonds. The summed E-state index contributed by atoms with van der Waals surface area (Å²) in [5, 5.41) is 12.0. The fourth-order valence-electron chi connectivity index (χ4n) is 0.701. The molecule has 84 valence electrons. The van der Waals surface area contributed by atoms with Gasteiger partial charge in [-0.15, -0.1) is 0 Å². The Hall–Kier alpha value is -0.397. The second kappa shape index (κ2) is 7.03. The summed E-state index contributed by atoms with van der Waals surface area (Å²) in [7, 11) is 0.